The lowest BCUT2D eigenvalue weighted by Gasteiger charge is -2.26. The van der Waals surface area contributed by atoms with Gasteiger partial charge in [0.2, 0.25) is 0 Å². The number of hydrogen-bond acceptors (Lipinski definition) is 3. The Kier molecular flexibility index (Phi) is 5.44. The van der Waals surface area contributed by atoms with Gasteiger partial charge in [-0.2, -0.15) is 0 Å². The van der Waals surface area contributed by atoms with Crippen LogP contribution in [0.2, 0.25) is 10.0 Å². The fraction of sp³-hybridized carbons (Fsp3) is 0.533. The van der Waals surface area contributed by atoms with E-state index in [-0.39, 0.29) is 11.8 Å². The van der Waals surface area contributed by atoms with Crippen molar-refractivity contribution in [1.82, 2.24) is 9.80 Å². The van der Waals surface area contributed by atoms with Crippen molar-refractivity contribution >= 4 is 29.0 Å². The average molecular weight is 315 g/mol. The van der Waals surface area contributed by atoms with E-state index in [0.717, 1.165) is 31.6 Å². The zero-order valence-electron chi connectivity index (χ0n) is 11.9. The standard InChI is InChI=1S/C15H20Cl2N2O/c1-18-6-3-7-19(2)14(10-18)15(20)8-11-4-5-12(16)9-13(11)17/h4-5,9,14H,3,6-8,10H2,1-2H3. The minimum Gasteiger partial charge on any atom is -0.304 e. The molecular formula is C15H20Cl2N2O. The van der Waals surface area contributed by atoms with Crippen LogP contribution in [-0.2, 0) is 11.2 Å². The molecule has 1 aliphatic rings. The van der Waals surface area contributed by atoms with Gasteiger partial charge < -0.3 is 4.90 Å². The van der Waals surface area contributed by atoms with Gasteiger partial charge in [0.15, 0.2) is 5.78 Å². The van der Waals surface area contributed by atoms with Crippen molar-refractivity contribution in [2.45, 2.75) is 18.9 Å². The Morgan fingerprint density at radius 3 is 2.75 bits per heavy atom. The third kappa shape index (κ3) is 3.95. The van der Waals surface area contributed by atoms with E-state index in [4.69, 9.17) is 23.2 Å². The van der Waals surface area contributed by atoms with Crippen molar-refractivity contribution in [1.29, 1.82) is 0 Å². The van der Waals surface area contributed by atoms with Crippen LogP contribution in [0.15, 0.2) is 18.2 Å². The Balaban J connectivity index is 2.09. The molecular weight excluding hydrogens is 295 g/mol. The normalized spacial score (nSPS) is 21.7. The molecule has 1 aromatic rings. The van der Waals surface area contributed by atoms with Crippen LogP contribution in [0.5, 0.6) is 0 Å². The van der Waals surface area contributed by atoms with Crippen molar-refractivity contribution < 1.29 is 4.79 Å². The fourth-order valence-corrected chi connectivity index (χ4v) is 3.07. The number of likely N-dealkylation sites (N-methyl/N-ethyl adjacent to an activating group) is 2. The van der Waals surface area contributed by atoms with Crippen LogP contribution in [-0.4, -0.2) is 55.4 Å². The monoisotopic (exact) mass is 314 g/mol. The molecule has 1 saturated heterocycles. The predicted octanol–water partition coefficient (Wildman–Crippen LogP) is 2.74. The van der Waals surface area contributed by atoms with Gasteiger partial charge >= 0.3 is 0 Å². The maximum absolute atomic E-state index is 12.6. The quantitative estimate of drug-likeness (QED) is 0.857. The molecule has 0 radical (unpaired) electrons. The molecule has 0 amide bonds. The highest BCUT2D eigenvalue weighted by molar-refractivity contribution is 6.35. The lowest BCUT2D eigenvalue weighted by molar-refractivity contribution is -0.123. The highest BCUT2D eigenvalue weighted by Gasteiger charge is 2.27. The van der Waals surface area contributed by atoms with Gasteiger partial charge in [0.1, 0.15) is 0 Å². The van der Waals surface area contributed by atoms with Crippen LogP contribution >= 0.6 is 23.2 Å². The van der Waals surface area contributed by atoms with Gasteiger partial charge in [0.05, 0.1) is 6.04 Å². The first-order valence-electron chi connectivity index (χ1n) is 6.83. The highest BCUT2D eigenvalue weighted by atomic mass is 35.5. The van der Waals surface area contributed by atoms with Gasteiger partial charge in [-0.1, -0.05) is 29.3 Å². The molecule has 1 heterocycles. The molecule has 0 saturated carbocycles. The highest BCUT2D eigenvalue weighted by Crippen LogP contribution is 2.22. The number of rotatable bonds is 3. The van der Waals surface area contributed by atoms with Crippen LogP contribution in [0.4, 0.5) is 0 Å². The smallest absolute Gasteiger partial charge is 0.155 e. The number of carbonyl (C=O) groups excluding carboxylic acids is 1. The summed E-state index contributed by atoms with van der Waals surface area (Å²) in [5, 5.41) is 1.16. The molecule has 110 valence electrons. The van der Waals surface area contributed by atoms with E-state index in [1.165, 1.54) is 0 Å². The zero-order valence-corrected chi connectivity index (χ0v) is 13.4. The number of carbonyl (C=O) groups is 1. The Morgan fingerprint density at radius 1 is 1.30 bits per heavy atom. The predicted molar refractivity (Wildman–Crippen MR) is 83.7 cm³/mol. The number of ketones is 1. The molecule has 1 aromatic carbocycles. The number of nitrogens with zero attached hydrogens (tertiary/aromatic N) is 2. The van der Waals surface area contributed by atoms with Gasteiger partial charge in [0.25, 0.3) is 0 Å². The Bertz CT molecular complexity index is 493. The maximum Gasteiger partial charge on any atom is 0.155 e. The first-order valence-corrected chi connectivity index (χ1v) is 7.58. The van der Waals surface area contributed by atoms with Crippen molar-refractivity contribution in [2.75, 3.05) is 33.7 Å². The van der Waals surface area contributed by atoms with Crippen molar-refractivity contribution in [3.63, 3.8) is 0 Å². The third-order valence-corrected chi connectivity index (χ3v) is 4.41. The van der Waals surface area contributed by atoms with E-state index in [9.17, 15) is 4.79 Å². The summed E-state index contributed by atoms with van der Waals surface area (Å²) >= 11 is 12.0. The molecule has 1 atom stereocenters. The molecule has 0 spiro atoms. The molecule has 2 rings (SSSR count). The van der Waals surface area contributed by atoms with E-state index >= 15 is 0 Å². The van der Waals surface area contributed by atoms with Gasteiger partial charge in [-0.3, -0.25) is 9.69 Å². The van der Waals surface area contributed by atoms with Gasteiger partial charge in [-0.15, -0.1) is 0 Å². The summed E-state index contributed by atoms with van der Waals surface area (Å²) in [7, 11) is 4.08. The second kappa shape index (κ2) is 6.90. The van der Waals surface area contributed by atoms with E-state index in [2.05, 4.69) is 16.8 Å². The SMILES string of the molecule is CN1CCCN(C)C(C(=O)Cc2ccc(Cl)cc2Cl)C1. The van der Waals surface area contributed by atoms with E-state index in [1.807, 2.05) is 13.1 Å². The van der Waals surface area contributed by atoms with Crippen molar-refractivity contribution in [2.24, 2.45) is 0 Å². The summed E-state index contributed by atoms with van der Waals surface area (Å²) in [5.41, 5.74) is 0.848. The largest absolute Gasteiger partial charge is 0.304 e. The van der Waals surface area contributed by atoms with Gasteiger partial charge in [-0.25, -0.2) is 0 Å². The third-order valence-electron chi connectivity index (χ3n) is 3.82. The van der Waals surface area contributed by atoms with Gasteiger partial charge in [0, 0.05) is 23.0 Å². The zero-order chi connectivity index (χ0) is 14.7. The average Bonchev–Trinajstić information content (AvgIpc) is 2.54. The number of Topliss-reactive ketones (excluding diaryl/α,β-unsaturated/α-hetero) is 1. The maximum atomic E-state index is 12.6. The Labute approximate surface area is 130 Å². The first kappa shape index (κ1) is 15.8. The van der Waals surface area contributed by atoms with Gasteiger partial charge in [-0.05, 0) is 51.3 Å². The Morgan fingerprint density at radius 2 is 2.05 bits per heavy atom. The second-order valence-electron chi connectivity index (χ2n) is 5.49. The number of halogens is 2. The lowest BCUT2D eigenvalue weighted by atomic mass is 10.0. The molecule has 3 nitrogen and oxygen atoms in total. The second-order valence-corrected chi connectivity index (χ2v) is 6.33. The molecule has 1 aliphatic heterocycles. The summed E-state index contributed by atoms with van der Waals surface area (Å²) in [6.45, 7) is 2.77. The van der Waals surface area contributed by atoms with Crippen LogP contribution in [0.1, 0.15) is 12.0 Å². The van der Waals surface area contributed by atoms with E-state index < -0.39 is 0 Å². The Hall–Kier alpha value is -0.610. The summed E-state index contributed by atoms with van der Waals surface area (Å²) in [4.78, 5) is 16.9. The van der Waals surface area contributed by atoms with Crippen LogP contribution in [0.3, 0.4) is 0 Å². The fourth-order valence-electron chi connectivity index (χ4n) is 2.59. The van der Waals surface area contributed by atoms with Crippen molar-refractivity contribution in [3.05, 3.63) is 33.8 Å². The number of benzene rings is 1. The summed E-state index contributed by atoms with van der Waals surface area (Å²) < 4.78 is 0. The molecule has 0 aromatic heterocycles. The minimum absolute atomic E-state index is 0.0609. The number of hydrogen-bond donors (Lipinski definition) is 0. The molecule has 20 heavy (non-hydrogen) atoms. The molecule has 0 bridgehead atoms. The topological polar surface area (TPSA) is 23.6 Å². The van der Waals surface area contributed by atoms with Crippen LogP contribution in [0.25, 0.3) is 0 Å². The molecule has 1 fully saturated rings. The molecule has 5 heteroatoms. The van der Waals surface area contributed by atoms with Crippen LogP contribution < -0.4 is 0 Å². The van der Waals surface area contributed by atoms with E-state index in [0.29, 0.717) is 16.5 Å². The summed E-state index contributed by atoms with van der Waals surface area (Å²) in [6.07, 6.45) is 1.46. The van der Waals surface area contributed by atoms with Crippen molar-refractivity contribution in [3.8, 4) is 0 Å². The minimum atomic E-state index is -0.0609. The summed E-state index contributed by atoms with van der Waals surface area (Å²) in [6, 6.07) is 5.24. The lowest BCUT2D eigenvalue weighted by Crippen LogP contribution is -2.44. The molecule has 0 aliphatic carbocycles. The summed E-state index contributed by atoms with van der Waals surface area (Å²) in [5.74, 6) is 0.213. The molecule has 0 N–H and O–H groups in total. The van der Waals surface area contributed by atoms with E-state index in [1.54, 1.807) is 12.1 Å². The van der Waals surface area contributed by atoms with Crippen LogP contribution in [0, 0.1) is 0 Å². The molecule has 1 unspecified atom stereocenters. The first-order chi connectivity index (χ1) is 9.47.